The number of hydrogen-bond acceptors (Lipinski definition) is 6. The lowest BCUT2D eigenvalue weighted by Gasteiger charge is -2.37. The van der Waals surface area contributed by atoms with Crippen molar-refractivity contribution >= 4 is 36.1 Å². The van der Waals surface area contributed by atoms with Crippen LogP contribution in [0.4, 0.5) is 9.59 Å². The van der Waals surface area contributed by atoms with Crippen LogP contribution in [-0.2, 0) is 14.2 Å². The molecule has 1 aromatic rings. The number of alkyl carbamates (subject to hydrolysis) is 1. The maximum absolute atomic E-state index is 13.1. The Morgan fingerprint density at radius 3 is 2.78 bits per heavy atom. The first-order valence-corrected chi connectivity index (χ1v) is 13.3. The van der Waals surface area contributed by atoms with Gasteiger partial charge in [0, 0.05) is 56.4 Å². The van der Waals surface area contributed by atoms with E-state index in [4.69, 9.17) is 21.1 Å². The molecule has 210 valence electrons. The van der Waals surface area contributed by atoms with E-state index in [0.29, 0.717) is 37.2 Å². The van der Waals surface area contributed by atoms with Crippen LogP contribution in [-0.4, -0.2) is 83.2 Å². The Labute approximate surface area is 231 Å². The van der Waals surface area contributed by atoms with E-state index in [1.165, 1.54) is 13.5 Å². The number of nitrogens with zero attached hydrogens (tertiary/aromatic N) is 1. The lowest BCUT2D eigenvalue weighted by Crippen LogP contribution is -2.50. The predicted octanol–water partition coefficient (Wildman–Crippen LogP) is 4.00. The number of ether oxygens (including phenoxy) is 3. The smallest absolute Gasteiger partial charge is 0.406 e. The number of likely N-dealkylation sites (tertiary alicyclic amines) is 1. The number of amides is 3. The van der Waals surface area contributed by atoms with Crippen LogP contribution in [0, 0.1) is 11.8 Å². The van der Waals surface area contributed by atoms with Crippen molar-refractivity contribution < 1.29 is 23.8 Å². The van der Waals surface area contributed by atoms with Crippen LogP contribution in [0.2, 0.25) is 5.02 Å². The van der Waals surface area contributed by atoms with Crippen molar-refractivity contribution in [2.45, 2.75) is 44.2 Å². The summed E-state index contributed by atoms with van der Waals surface area (Å²) in [7, 11) is 3.27. The third-order valence-corrected chi connectivity index (χ3v) is 7.22. The van der Waals surface area contributed by atoms with Gasteiger partial charge in [-0.05, 0) is 62.8 Å². The number of piperidine rings is 1. The van der Waals surface area contributed by atoms with Gasteiger partial charge in [-0.2, -0.15) is 0 Å². The summed E-state index contributed by atoms with van der Waals surface area (Å²) in [5.74, 6) is 0.650. The summed E-state index contributed by atoms with van der Waals surface area (Å²) in [4.78, 5) is 26.3. The normalized spacial score (nSPS) is 21.3. The molecule has 11 heteroatoms. The topological polar surface area (TPSA) is 101 Å². The highest BCUT2D eigenvalue weighted by Gasteiger charge is 2.31. The minimum absolute atomic E-state index is 0. The summed E-state index contributed by atoms with van der Waals surface area (Å²) >= 11 is 6.27. The fourth-order valence-corrected chi connectivity index (χ4v) is 5.26. The molecule has 0 radical (unpaired) electrons. The molecule has 2 heterocycles. The summed E-state index contributed by atoms with van der Waals surface area (Å²) < 4.78 is 16.5. The minimum Gasteiger partial charge on any atom is -0.453 e. The number of likely N-dealkylation sites (N-methyl/N-ethyl adjacent to an activating group) is 1. The van der Waals surface area contributed by atoms with Gasteiger partial charge >= 0.3 is 12.1 Å². The van der Waals surface area contributed by atoms with Gasteiger partial charge in [0.15, 0.2) is 0 Å². The van der Waals surface area contributed by atoms with E-state index in [1.807, 2.05) is 36.2 Å². The zero-order chi connectivity index (χ0) is 25.8. The van der Waals surface area contributed by atoms with Crippen molar-refractivity contribution in [2.24, 2.45) is 11.8 Å². The number of urea groups is 1. The number of halogens is 2. The van der Waals surface area contributed by atoms with Crippen LogP contribution < -0.4 is 16.0 Å². The number of carbonyl (C=O) groups excluding carboxylic acids is 2. The molecule has 0 saturated carbocycles. The number of nitrogens with one attached hydrogen (secondary N) is 3. The standard InChI is InChI=1S/C26H41ClN4O5.ClH/c1-28-23(14-19-6-5-12-35-18-19)16-30-25(32)31-11-4-8-21(17-31)24(20-7-3-9-22(27)15-20)36-13-10-29-26(33)34-2;/h3,7,9,15,19,21,23-24,28H,4-6,8,10-14,16-18H2,1-2H3,(H,29,33)(H,30,32);1H/t19-,21?,23+,24+;/m1./s1. The van der Waals surface area contributed by atoms with Gasteiger partial charge < -0.3 is 35.1 Å². The first kappa shape index (κ1) is 31.4. The van der Waals surface area contributed by atoms with Crippen LogP contribution in [0.1, 0.15) is 43.8 Å². The first-order valence-electron chi connectivity index (χ1n) is 13.0. The second kappa shape index (κ2) is 16.9. The van der Waals surface area contributed by atoms with Crippen LogP contribution in [0.15, 0.2) is 24.3 Å². The molecule has 37 heavy (non-hydrogen) atoms. The highest BCUT2D eigenvalue weighted by Crippen LogP contribution is 2.34. The van der Waals surface area contributed by atoms with Gasteiger partial charge in [-0.1, -0.05) is 23.7 Å². The SMILES string of the molecule is CN[C@H](CNC(=O)N1CCCC([C@@H](OCCNC(=O)OC)c2cccc(Cl)c2)C1)C[C@H]1CCCOC1.Cl. The number of methoxy groups -OCH3 is 1. The summed E-state index contributed by atoms with van der Waals surface area (Å²) in [6.07, 6.45) is 4.38. The first-order chi connectivity index (χ1) is 17.5. The molecule has 2 saturated heterocycles. The molecule has 0 aromatic heterocycles. The predicted molar refractivity (Wildman–Crippen MR) is 147 cm³/mol. The highest BCUT2D eigenvalue weighted by molar-refractivity contribution is 6.30. The Kier molecular flexibility index (Phi) is 14.4. The molecule has 3 amide bonds. The van der Waals surface area contributed by atoms with Crippen molar-refractivity contribution in [1.82, 2.24) is 20.9 Å². The fourth-order valence-electron chi connectivity index (χ4n) is 5.06. The van der Waals surface area contributed by atoms with Gasteiger partial charge in [0.2, 0.25) is 0 Å². The number of hydrogen-bond donors (Lipinski definition) is 3. The molecule has 0 aliphatic carbocycles. The van der Waals surface area contributed by atoms with Gasteiger partial charge in [0.25, 0.3) is 0 Å². The molecular formula is C26H42Cl2N4O5. The number of carbonyl (C=O) groups is 2. The molecule has 1 aromatic carbocycles. The molecule has 4 atom stereocenters. The molecule has 1 unspecified atom stereocenters. The van der Waals surface area contributed by atoms with Gasteiger partial charge in [-0.25, -0.2) is 9.59 Å². The zero-order valence-electron chi connectivity index (χ0n) is 21.9. The molecule has 0 bridgehead atoms. The summed E-state index contributed by atoms with van der Waals surface area (Å²) in [5.41, 5.74) is 0.970. The largest absolute Gasteiger partial charge is 0.453 e. The highest BCUT2D eigenvalue weighted by atomic mass is 35.5. The van der Waals surface area contributed by atoms with Crippen molar-refractivity contribution in [3.05, 3.63) is 34.9 Å². The van der Waals surface area contributed by atoms with Gasteiger partial charge in [-0.15, -0.1) is 12.4 Å². The molecule has 3 N–H and O–H groups in total. The van der Waals surface area contributed by atoms with E-state index in [9.17, 15) is 9.59 Å². The molecule has 2 fully saturated rings. The second-order valence-corrected chi connectivity index (χ2v) is 10.0. The third-order valence-electron chi connectivity index (χ3n) is 6.99. The van der Waals surface area contributed by atoms with E-state index in [2.05, 4.69) is 20.7 Å². The summed E-state index contributed by atoms with van der Waals surface area (Å²) in [6, 6.07) is 7.81. The van der Waals surface area contributed by atoms with Crippen LogP contribution in [0.25, 0.3) is 0 Å². The van der Waals surface area contributed by atoms with Crippen LogP contribution in [0.5, 0.6) is 0 Å². The average Bonchev–Trinajstić information content (AvgIpc) is 2.91. The number of rotatable bonds is 11. The van der Waals surface area contributed by atoms with Crippen molar-refractivity contribution in [1.29, 1.82) is 0 Å². The van der Waals surface area contributed by atoms with Crippen molar-refractivity contribution in [3.8, 4) is 0 Å². The average molecular weight is 562 g/mol. The van der Waals surface area contributed by atoms with Gasteiger partial charge in [0.05, 0.1) is 19.8 Å². The lowest BCUT2D eigenvalue weighted by atomic mass is 9.88. The number of benzene rings is 1. The molecule has 0 spiro atoms. The molecule has 2 aliphatic heterocycles. The van der Waals surface area contributed by atoms with Gasteiger partial charge in [-0.3, -0.25) is 0 Å². The summed E-state index contributed by atoms with van der Waals surface area (Å²) in [6.45, 7) is 4.21. The molecule has 9 nitrogen and oxygen atoms in total. The maximum Gasteiger partial charge on any atom is 0.406 e. The Morgan fingerprint density at radius 2 is 2.08 bits per heavy atom. The summed E-state index contributed by atoms with van der Waals surface area (Å²) in [5, 5.41) is 9.76. The molecule has 2 aliphatic rings. The Hall–Kier alpha value is -1.78. The fraction of sp³-hybridized carbons (Fsp3) is 0.692. The second-order valence-electron chi connectivity index (χ2n) is 9.60. The molecular weight excluding hydrogens is 519 g/mol. The zero-order valence-corrected chi connectivity index (χ0v) is 23.5. The third kappa shape index (κ3) is 10.5. The quantitative estimate of drug-likeness (QED) is 0.353. The lowest BCUT2D eigenvalue weighted by molar-refractivity contribution is -0.00851. The Morgan fingerprint density at radius 1 is 1.24 bits per heavy atom. The minimum atomic E-state index is -0.491. The van der Waals surface area contributed by atoms with E-state index < -0.39 is 6.09 Å². The maximum atomic E-state index is 13.1. The Balaban J connectivity index is 0.00000481. The van der Waals surface area contributed by atoms with E-state index in [-0.39, 0.29) is 36.5 Å². The van der Waals surface area contributed by atoms with E-state index in [0.717, 1.165) is 51.0 Å². The van der Waals surface area contributed by atoms with E-state index in [1.54, 1.807) is 0 Å². The Bertz CT molecular complexity index is 828. The van der Waals surface area contributed by atoms with E-state index >= 15 is 0 Å². The van der Waals surface area contributed by atoms with Crippen molar-refractivity contribution in [3.63, 3.8) is 0 Å². The van der Waals surface area contributed by atoms with Crippen LogP contribution >= 0.6 is 24.0 Å². The van der Waals surface area contributed by atoms with Gasteiger partial charge in [0.1, 0.15) is 0 Å². The van der Waals surface area contributed by atoms with Crippen LogP contribution in [0.3, 0.4) is 0 Å². The molecule has 3 rings (SSSR count). The monoisotopic (exact) mass is 560 g/mol. The van der Waals surface area contributed by atoms with Crippen molar-refractivity contribution in [2.75, 3.05) is 60.2 Å².